The van der Waals surface area contributed by atoms with Crippen LogP contribution in [0.4, 0.5) is 0 Å². The number of nitrogens with two attached hydrogens (primary N) is 1. The quantitative estimate of drug-likeness (QED) is 0.825. The van der Waals surface area contributed by atoms with E-state index in [-0.39, 0.29) is 6.04 Å². The number of rotatable bonds is 6. The minimum atomic E-state index is -0.626. The summed E-state index contributed by atoms with van der Waals surface area (Å²) in [6.45, 7) is 4.98. The average Bonchev–Trinajstić information content (AvgIpc) is 2.61. The van der Waals surface area contributed by atoms with Crippen molar-refractivity contribution in [3.05, 3.63) is 35.9 Å². The van der Waals surface area contributed by atoms with Gasteiger partial charge in [0.1, 0.15) is 0 Å². The van der Waals surface area contributed by atoms with E-state index < -0.39 is 11.4 Å². The van der Waals surface area contributed by atoms with Gasteiger partial charge in [-0.1, -0.05) is 30.3 Å². The summed E-state index contributed by atoms with van der Waals surface area (Å²) >= 11 is 0. The van der Waals surface area contributed by atoms with Gasteiger partial charge in [-0.25, -0.2) is 0 Å². The number of piperidine rings is 2. The van der Waals surface area contributed by atoms with Gasteiger partial charge in [-0.15, -0.1) is 0 Å². The number of aliphatic carboxylic acids is 1. The van der Waals surface area contributed by atoms with Crippen molar-refractivity contribution >= 4 is 5.97 Å². The van der Waals surface area contributed by atoms with Crippen LogP contribution in [0, 0.1) is 5.41 Å². The zero-order valence-electron chi connectivity index (χ0n) is 14.4. The van der Waals surface area contributed by atoms with Crippen LogP contribution in [0.25, 0.3) is 0 Å². The molecule has 0 saturated carbocycles. The molecule has 0 aromatic heterocycles. The number of nitrogens with zero attached hydrogens (tertiary/aromatic N) is 2. The fraction of sp³-hybridized carbons (Fsp3) is 0.632. The van der Waals surface area contributed by atoms with Gasteiger partial charge >= 0.3 is 5.97 Å². The summed E-state index contributed by atoms with van der Waals surface area (Å²) in [6.07, 6.45) is 3.65. The molecule has 0 spiro atoms. The first kappa shape index (κ1) is 17.4. The van der Waals surface area contributed by atoms with Crippen LogP contribution in [0.1, 0.15) is 24.8 Å². The second-order valence-corrected chi connectivity index (χ2v) is 7.21. The third kappa shape index (κ3) is 3.48. The van der Waals surface area contributed by atoms with Crippen LogP contribution in [0.15, 0.2) is 30.3 Å². The minimum Gasteiger partial charge on any atom is -0.481 e. The molecule has 0 bridgehead atoms. The Morgan fingerprint density at radius 3 is 2.75 bits per heavy atom. The number of hydrogen-bond donors (Lipinski definition) is 2. The molecule has 0 aliphatic carbocycles. The number of carboxylic acids is 1. The van der Waals surface area contributed by atoms with Crippen molar-refractivity contribution in [2.45, 2.75) is 31.7 Å². The lowest BCUT2D eigenvalue weighted by molar-refractivity contribution is -0.163. The van der Waals surface area contributed by atoms with Crippen molar-refractivity contribution in [2.75, 3.05) is 39.3 Å². The van der Waals surface area contributed by atoms with E-state index in [2.05, 4.69) is 34.1 Å². The van der Waals surface area contributed by atoms with E-state index >= 15 is 0 Å². The average molecular weight is 331 g/mol. The molecule has 5 nitrogen and oxygen atoms in total. The van der Waals surface area contributed by atoms with E-state index in [1.807, 2.05) is 6.07 Å². The fourth-order valence-electron chi connectivity index (χ4n) is 4.57. The first-order valence-corrected chi connectivity index (χ1v) is 9.09. The van der Waals surface area contributed by atoms with Gasteiger partial charge < -0.3 is 15.7 Å². The highest BCUT2D eigenvalue weighted by Crippen LogP contribution is 2.41. The highest BCUT2D eigenvalue weighted by molar-refractivity contribution is 5.76. The normalized spacial score (nSPS) is 28.5. The molecule has 132 valence electrons. The summed E-state index contributed by atoms with van der Waals surface area (Å²) in [5, 5.41) is 10.0. The van der Waals surface area contributed by atoms with E-state index in [1.165, 1.54) is 5.56 Å². The van der Waals surface area contributed by atoms with Crippen LogP contribution < -0.4 is 5.73 Å². The van der Waals surface area contributed by atoms with E-state index in [0.29, 0.717) is 13.1 Å². The van der Waals surface area contributed by atoms with Gasteiger partial charge in [-0.3, -0.25) is 9.69 Å². The Hall–Kier alpha value is -1.43. The Kier molecular flexibility index (Phi) is 5.54. The highest BCUT2D eigenvalue weighted by atomic mass is 16.4. The molecule has 1 aromatic carbocycles. The zero-order valence-corrected chi connectivity index (χ0v) is 14.4. The van der Waals surface area contributed by atoms with Gasteiger partial charge in [0.2, 0.25) is 0 Å². The van der Waals surface area contributed by atoms with Crippen molar-refractivity contribution in [1.82, 2.24) is 9.80 Å². The molecular formula is C19H29N3O2. The summed E-state index contributed by atoms with van der Waals surface area (Å²) in [6, 6.07) is 10.6. The van der Waals surface area contributed by atoms with Gasteiger partial charge in [0.05, 0.1) is 5.41 Å². The number of carboxylic acid groups (broad SMARTS) is 1. The van der Waals surface area contributed by atoms with E-state index in [4.69, 9.17) is 5.73 Å². The maximum Gasteiger partial charge on any atom is 0.312 e. The lowest BCUT2D eigenvalue weighted by Gasteiger charge is -2.53. The molecule has 2 aliphatic heterocycles. The number of fused-ring (bicyclic) bond motifs is 1. The molecule has 24 heavy (non-hydrogen) atoms. The Balaban J connectivity index is 1.68. The van der Waals surface area contributed by atoms with E-state index in [1.54, 1.807) is 0 Å². The largest absolute Gasteiger partial charge is 0.481 e. The summed E-state index contributed by atoms with van der Waals surface area (Å²) in [7, 11) is 0. The summed E-state index contributed by atoms with van der Waals surface area (Å²) in [5.74, 6) is -0.626. The first-order valence-electron chi connectivity index (χ1n) is 9.09. The SMILES string of the molecule is NCCN1CCC[C@]2(C(=O)O)CN(CCc3ccccc3)CC[C@@H]12. The molecule has 0 unspecified atom stereocenters. The third-order valence-electron chi connectivity index (χ3n) is 5.77. The molecular weight excluding hydrogens is 302 g/mol. The molecule has 2 saturated heterocycles. The summed E-state index contributed by atoms with van der Waals surface area (Å²) in [5.41, 5.74) is 6.43. The van der Waals surface area contributed by atoms with Crippen molar-refractivity contribution in [2.24, 2.45) is 11.1 Å². The Bertz CT molecular complexity index is 549. The molecule has 2 aliphatic rings. The number of likely N-dealkylation sites (tertiary alicyclic amines) is 2. The molecule has 2 atom stereocenters. The molecule has 1 aromatic rings. The minimum absolute atomic E-state index is 0.139. The molecule has 2 fully saturated rings. The summed E-state index contributed by atoms with van der Waals surface area (Å²) in [4.78, 5) is 16.9. The van der Waals surface area contributed by atoms with Crippen molar-refractivity contribution in [1.29, 1.82) is 0 Å². The van der Waals surface area contributed by atoms with Gasteiger partial charge in [0.15, 0.2) is 0 Å². The maximum atomic E-state index is 12.2. The van der Waals surface area contributed by atoms with Gasteiger partial charge in [-0.2, -0.15) is 0 Å². The molecule has 3 rings (SSSR count). The van der Waals surface area contributed by atoms with Crippen molar-refractivity contribution in [3.8, 4) is 0 Å². The van der Waals surface area contributed by atoms with Gasteiger partial charge in [0, 0.05) is 32.2 Å². The second-order valence-electron chi connectivity index (χ2n) is 7.21. The van der Waals surface area contributed by atoms with Crippen LogP contribution in [0.5, 0.6) is 0 Å². The smallest absolute Gasteiger partial charge is 0.312 e. The standard InChI is InChI=1S/C19H29N3O2/c20-10-14-22-11-4-9-19(18(23)24)15-21(13-8-17(19)22)12-7-16-5-2-1-3-6-16/h1-3,5-6,17H,4,7-15,20H2,(H,23,24)/t17-,19+/m1/s1. The van der Waals surface area contributed by atoms with Crippen LogP contribution in [0.3, 0.4) is 0 Å². The molecule has 0 amide bonds. The van der Waals surface area contributed by atoms with Crippen molar-refractivity contribution in [3.63, 3.8) is 0 Å². The van der Waals surface area contributed by atoms with Gasteiger partial charge in [-0.05, 0) is 44.3 Å². The Morgan fingerprint density at radius 1 is 1.25 bits per heavy atom. The monoisotopic (exact) mass is 331 g/mol. The summed E-state index contributed by atoms with van der Waals surface area (Å²) < 4.78 is 0. The Morgan fingerprint density at radius 2 is 2.04 bits per heavy atom. The number of carbonyl (C=O) groups is 1. The van der Waals surface area contributed by atoms with Crippen LogP contribution >= 0.6 is 0 Å². The maximum absolute atomic E-state index is 12.2. The second kappa shape index (κ2) is 7.64. The van der Waals surface area contributed by atoms with Gasteiger partial charge in [0.25, 0.3) is 0 Å². The zero-order chi connectivity index (χ0) is 17.0. The van der Waals surface area contributed by atoms with E-state index in [9.17, 15) is 9.90 Å². The molecule has 2 heterocycles. The lowest BCUT2D eigenvalue weighted by Crippen LogP contribution is -2.64. The first-order chi connectivity index (χ1) is 11.7. The van der Waals surface area contributed by atoms with E-state index in [0.717, 1.165) is 51.9 Å². The van der Waals surface area contributed by atoms with Crippen molar-refractivity contribution < 1.29 is 9.90 Å². The lowest BCUT2D eigenvalue weighted by atomic mass is 9.69. The van der Waals surface area contributed by atoms with Crippen LogP contribution in [-0.2, 0) is 11.2 Å². The predicted molar refractivity (Wildman–Crippen MR) is 94.9 cm³/mol. The number of benzene rings is 1. The topological polar surface area (TPSA) is 69.8 Å². The molecule has 5 heteroatoms. The molecule has 3 N–H and O–H groups in total. The van der Waals surface area contributed by atoms with Crippen LogP contribution in [-0.4, -0.2) is 66.2 Å². The molecule has 0 radical (unpaired) electrons. The Labute approximate surface area is 144 Å². The van der Waals surface area contributed by atoms with Crippen LogP contribution in [0.2, 0.25) is 0 Å². The fourth-order valence-corrected chi connectivity index (χ4v) is 4.57. The highest BCUT2D eigenvalue weighted by Gasteiger charge is 2.52. The predicted octanol–water partition coefficient (Wildman–Crippen LogP) is 1.43. The third-order valence-corrected chi connectivity index (χ3v) is 5.77. The number of hydrogen-bond acceptors (Lipinski definition) is 4.